The van der Waals surface area contributed by atoms with E-state index in [4.69, 9.17) is 4.74 Å². The summed E-state index contributed by atoms with van der Waals surface area (Å²) in [4.78, 5) is 14.4. The van der Waals surface area contributed by atoms with Crippen molar-refractivity contribution in [3.8, 4) is 0 Å². The van der Waals surface area contributed by atoms with Crippen molar-refractivity contribution in [3.63, 3.8) is 0 Å². The van der Waals surface area contributed by atoms with E-state index in [0.29, 0.717) is 28.0 Å². The van der Waals surface area contributed by atoms with Crippen molar-refractivity contribution in [1.82, 2.24) is 0 Å². The molecular formula is C23H26O2Se2. The maximum absolute atomic E-state index is 12.3. The van der Waals surface area contributed by atoms with E-state index in [0.717, 1.165) is 12.0 Å². The van der Waals surface area contributed by atoms with Crippen LogP contribution in [-0.4, -0.2) is 42.5 Å². The normalized spacial score (nSPS) is 12.1. The molecule has 4 heteroatoms. The Bertz CT molecular complexity index is 752. The van der Waals surface area contributed by atoms with Crippen LogP contribution in [0.3, 0.4) is 0 Å². The molecule has 0 N–H and O–H groups in total. The number of ether oxygens (including phenoxy) is 1. The standard InChI is InChI=1S/C23H26O2Se2/c1-3-25-23(24)20(18-27-22-14-8-5-9-15-22)17-19(2)11-10-16-26-21-12-6-4-7-13-21/h4-9,11-15,18H,3,10,16-17H2,1-2H3/b19-11?,20-18-. The summed E-state index contributed by atoms with van der Waals surface area (Å²) in [6.07, 6.45) is 4.00. The Morgan fingerprint density at radius 2 is 1.63 bits per heavy atom. The fraction of sp³-hybridized carbons (Fsp3) is 0.261. The van der Waals surface area contributed by atoms with Gasteiger partial charge < -0.3 is 0 Å². The van der Waals surface area contributed by atoms with Crippen molar-refractivity contribution >= 4 is 44.8 Å². The van der Waals surface area contributed by atoms with Crippen LogP contribution in [0.1, 0.15) is 26.7 Å². The molecule has 0 spiro atoms. The van der Waals surface area contributed by atoms with Crippen molar-refractivity contribution in [2.45, 2.75) is 32.0 Å². The van der Waals surface area contributed by atoms with Gasteiger partial charge in [-0.2, -0.15) is 0 Å². The van der Waals surface area contributed by atoms with E-state index < -0.39 is 0 Å². The topological polar surface area (TPSA) is 26.3 Å². The van der Waals surface area contributed by atoms with Crippen molar-refractivity contribution in [1.29, 1.82) is 0 Å². The summed E-state index contributed by atoms with van der Waals surface area (Å²) in [6.45, 7) is 4.38. The zero-order chi connectivity index (χ0) is 19.3. The minimum atomic E-state index is -0.184. The first-order valence-electron chi connectivity index (χ1n) is 9.10. The summed E-state index contributed by atoms with van der Waals surface area (Å²) < 4.78 is 7.96. The number of hydrogen-bond acceptors (Lipinski definition) is 2. The Balaban J connectivity index is 1.91. The van der Waals surface area contributed by atoms with Gasteiger partial charge in [-0.3, -0.25) is 0 Å². The maximum atomic E-state index is 12.3. The number of carbonyl (C=O) groups excluding carboxylic acids is 1. The summed E-state index contributed by atoms with van der Waals surface area (Å²) in [6, 6.07) is 21.0. The third-order valence-electron chi connectivity index (χ3n) is 3.71. The van der Waals surface area contributed by atoms with E-state index in [9.17, 15) is 4.79 Å². The van der Waals surface area contributed by atoms with E-state index in [2.05, 4.69) is 60.4 Å². The van der Waals surface area contributed by atoms with Crippen LogP contribution in [0.25, 0.3) is 0 Å². The van der Waals surface area contributed by atoms with Gasteiger partial charge in [-0.25, -0.2) is 0 Å². The van der Waals surface area contributed by atoms with Crippen molar-refractivity contribution in [2.75, 3.05) is 6.61 Å². The van der Waals surface area contributed by atoms with Gasteiger partial charge in [0, 0.05) is 0 Å². The van der Waals surface area contributed by atoms with Crippen LogP contribution in [0.2, 0.25) is 5.32 Å². The second-order valence-electron chi connectivity index (χ2n) is 5.97. The SMILES string of the molecule is CCOC(=O)/C(=C\[Se]c1ccccc1)CC(C)=CCC[Se]c1ccccc1. The van der Waals surface area contributed by atoms with Crippen LogP contribution in [0, 0.1) is 0 Å². The van der Waals surface area contributed by atoms with E-state index in [1.807, 2.05) is 25.1 Å². The Labute approximate surface area is 175 Å². The number of benzene rings is 2. The van der Waals surface area contributed by atoms with Gasteiger partial charge in [0.25, 0.3) is 0 Å². The summed E-state index contributed by atoms with van der Waals surface area (Å²) in [5, 5.41) is 1.18. The summed E-state index contributed by atoms with van der Waals surface area (Å²) in [5.41, 5.74) is 2.02. The average molecular weight is 492 g/mol. The molecule has 0 unspecified atom stereocenters. The van der Waals surface area contributed by atoms with Gasteiger partial charge in [-0.05, 0) is 0 Å². The molecule has 0 fully saturated rings. The molecule has 0 atom stereocenters. The van der Waals surface area contributed by atoms with E-state index in [1.165, 1.54) is 19.8 Å². The fourth-order valence-corrected chi connectivity index (χ4v) is 5.74. The van der Waals surface area contributed by atoms with Gasteiger partial charge in [0.15, 0.2) is 0 Å². The fourth-order valence-electron chi connectivity index (χ4n) is 2.40. The Hall–Kier alpha value is -1.57. The molecule has 0 bridgehead atoms. The quantitative estimate of drug-likeness (QED) is 0.167. The Morgan fingerprint density at radius 3 is 2.26 bits per heavy atom. The first kappa shape index (κ1) is 21.7. The molecule has 0 saturated carbocycles. The van der Waals surface area contributed by atoms with Crippen LogP contribution in [-0.2, 0) is 9.53 Å². The molecule has 0 amide bonds. The summed E-state index contributed by atoms with van der Waals surface area (Å²) in [7, 11) is 0. The van der Waals surface area contributed by atoms with Crippen LogP contribution in [0.4, 0.5) is 0 Å². The molecule has 2 nitrogen and oxygen atoms in total. The van der Waals surface area contributed by atoms with Crippen LogP contribution in [0.15, 0.2) is 82.9 Å². The molecule has 0 radical (unpaired) electrons. The molecule has 142 valence electrons. The zero-order valence-corrected chi connectivity index (χ0v) is 19.3. The Morgan fingerprint density at radius 1 is 1.00 bits per heavy atom. The molecular weight excluding hydrogens is 466 g/mol. The predicted octanol–water partition coefficient (Wildman–Crippen LogP) is 3.64. The van der Waals surface area contributed by atoms with E-state index in [-0.39, 0.29) is 20.9 Å². The van der Waals surface area contributed by atoms with Gasteiger partial charge in [-0.1, -0.05) is 0 Å². The summed E-state index contributed by atoms with van der Waals surface area (Å²) in [5.74, 6) is -0.184. The van der Waals surface area contributed by atoms with E-state index >= 15 is 0 Å². The van der Waals surface area contributed by atoms with Crippen LogP contribution < -0.4 is 8.92 Å². The molecule has 0 aliphatic rings. The third kappa shape index (κ3) is 8.77. The second kappa shape index (κ2) is 12.8. The molecule has 2 aromatic rings. The number of carbonyl (C=O) groups is 1. The van der Waals surface area contributed by atoms with Gasteiger partial charge in [-0.15, -0.1) is 0 Å². The Kier molecular flexibility index (Phi) is 10.3. The van der Waals surface area contributed by atoms with Crippen molar-refractivity contribution < 1.29 is 9.53 Å². The molecule has 2 aromatic carbocycles. The van der Waals surface area contributed by atoms with Gasteiger partial charge >= 0.3 is 176 Å². The minimum absolute atomic E-state index is 0.139. The first-order valence-corrected chi connectivity index (χ1v) is 13.0. The van der Waals surface area contributed by atoms with Gasteiger partial charge in [0.05, 0.1) is 0 Å². The number of hydrogen-bond donors (Lipinski definition) is 0. The third-order valence-corrected chi connectivity index (χ3v) is 7.89. The molecule has 0 aromatic heterocycles. The number of rotatable bonds is 10. The number of esters is 1. The van der Waals surface area contributed by atoms with Gasteiger partial charge in [0.1, 0.15) is 0 Å². The molecule has 0 aliphatic carbocycles. The summed E-state index contributed by atoms with van der Waals surface area (Å²) >= 11 is 0.647. The zero-order valence-electron chi connectivity index (χ0n) is 15.9. The van der Waals surface area contributed by atoms with Crippen molar-refractivity contribution in [3.05, 3.63) is 82.9 Å². The first-order chi connectivity index (χ1) is 13.2. The van der Waals surface area contributed by atoms with Crippen LogP contribution in [0.5, 0.6) is 0 Å². The van der Waals surface area contributed by atoms with E-state index in [1.54, 1.807) is 0 Å². The van der Waals surface area contributed by atoms with Crippen molar-refractivity contribution in [2.24, 2.45) is 0 Å². The van der Waals surface area contributed by atoms with Gasteiger partial charge in [0.2, 0.25) is 0 Å². The number of allylic oxidation sites excluding steroid dienone is 2. The molecule has 0 aliphatic heterocycles. The second-order valence-corrected chi connectivity index (χ2v) is 10.4. The molecule has 27 heavy (non-hydrogen) atoms. The van der Waals surface area contributed by atoms with Crippen LogP contribution >= 0.6 is 0 Å². The monoisotopic (exact) mass is 494 g/mol. The average Bonchev–Trinajstić information content (AvgIpc) is 2.70. The molecule has 0 saturated heterocycles. The molecule has 0 heterocycles. The predicted molar refractivity (Wildman–Crippen MR) is 116 cm³/mol. The molecule has 2 rings (SSSR count).